The summed E-state index contributed by atoms with van der Waals surface area (Å²) in [6.07, 6.45) is 4.59. The van der Waals surface area contributed by atoms with E-state index >= 15 is 0 Å². The molecule has 0 radical (unpaired) electrons. The predicted octanol–water partition coefficient (Wildman–Crippen LogP) is 0.649. The molecule has 0 aromatic heterocycles. The van der Waals surface area contributed by atoms with Gasteiger partial charge in [0.15, 0.2) is 6.54 Å². The van der Waals surface area contributed by atoms with Gasteiger partial charge in [0, 0.05) is 12.0 Å². The summed E-state index contributed by atoms with van der Waals surface area (Å²) in [5, 5.41) is 11.7. The number of aliphatic hydroxyl groups is 1. The quantitative estimate of drug-likeness (QED) is 0.749. The van der Waals surface area contributed by atoms with Crippen LogP contribution in [0.2, 0.25) is 0 Å². The van der Waals surface area contributed by atoms with Crippen molar-refractivity contribution in [1.82, 2.24) is 0 Å². The van der Waals surface area contributed by atoms with Gasteiger partial charge in [-0.1, -0.05) is 48.5 Å². The number of para-hydroxylation sites is 1. The molecule has 1 N–H and O–H groups in total. The lowest BCUT2D eigenvalue weighted by Gasteiger charge is -2.23. The lowest BCUT2D eigenvalue weighted by molar-refractivity contribution is -0.658. The molecule has 4 heteroatoms. The van der Waals surface area contributed by atoms with Crippen LogP contribution >= 0.6 is 0 Å². The van der Waals surface area contributed by atoms with E-state index in [4.69, 9.17) is 0 Å². The molecule has 1 unspecified atom stereocenters. The number of β-amino-alcohol motifs (C(OH)–C–C–N with tert-alkyl or cyclic N) is 1. The van der Waals surface area contributed by atoms with Crippen molar-refractivity contribution in [2.24, 2.45) is 0 Å². The number of benzene rings is 2. The van der Waals surface area contributed by atoms with Crippen LogP contribution in [0, 0.1) is 6.92 Å². The summed E-state index contributed by atoms with van der Waals surface area (Å²) in [6, 6.07) is 18.6. The highest BCUT2D eigenvalue weighted by atomic mass is 79.9. The highest BCUT2D eigenvalue weighted by molar-refractivity contribution is 5.96. The summed E-state index contributed by atoms with van der Waals surface area (Å²) >= 11 is 0. The molecule has 2 aromatic rings. The number of anilines is 1. The number of nitrogens with zero attached hydrogens (tertiary/aromatic N) is 2. The Morgan fingerprint density at radius 3 is 2.44 bits per heavy atom. The molecule has 4 rings (SSSR count). The summed E-state index contributed by atoms with van der Waals surface area (Å²) in [6.45, 7) is 3.66. The van der Waals surface area contributed by atoms with Crippen molar-refractivity contribution in [3.8, 4) is 0 Å². The molecule has 2 aliphatic rings. The Labute approximate surface area is 160 Å². The Balaban J connectivity index is 0.00000182. The topological polar surface area (TPSA) is 26.5 Å². The van der Waals surface area contributed by atoms with Gasteiger partial charge in [-0.25, -0.2) is 9.48 Å². The van der Waals surface area contributed by atoms with Crippen molar-refractivity contribution in [3.63, 3.8) is 0 Å². The molecule has 0 saturated carbocycles. The molecular weight excluding hydrogens is 376 g/mol. The van der Waals surface area contributed by atoms with E-state index in [1.807, 2.05) is 30.3 Å². The first-order valence-corrected chi connectivity index (χ1v) is 8.95. The van der Waals surface area contributed by atoms with Crippen molar-refractivity contribution in [2.45, 2.75) is 38.3 Å². The molecule has 0 saturated heterocycles. The predicted molar refractivity (Wildman–Crippen MR) is 97.5 cm³/mol. The van der Waals surface area contributed by atoms with E-state index in [0.717, 1.165) is 24.9 Å². The van der Waals surface area contributed by atoms with Crippen molar-refractivity contribution in [1.29, 1.82) is 0 Å². The second kappa shape index (κ2) is 7.30. The molecule has 0 bridgehead atoms. The zero-order chi connectivity index (χ0) is 16.6. The molecule has 25 heavy (non-hydrogen) atoms. The second-order valence-corrected chi connectivity index (χ2v) is 6.93. The standard InChI is InChI=1S/C21H25N2O.BrH/c1-17-10-7-8-13-19(17)22-16-21(24,18-11-4-2-5-12-18)23-15-9-3-6-14-20(22)23;/h2,4-5,7-8,10-13,24H,3,6,9,14-16H2,1H3;1H/q+1;/p-1. The Bertz CT molecular complexity index is 774. The zero-order valence-corrected chi connectivity index (χ0v) is 16.2. The summed E-state index contributed by atoms with van der Waals surface area (Å²) < 4.78 is 2.25. The first-order valence-electron chi connectivity index (χ1n) is 8.95. The molecular formula is C21H25BrN2O. The number of amidine groups is 1. The summed E-state index contributed by atoms with van der Waals surface area (Å²) in [5.74, 6) is 1.27. The summed E-state index contributed by atoms with van der Waals surface area (Å²) in [4.78, 5) is 2.34. The number of hydrogen-bond acceptors (Lipinski definition) is 2. The lowest BCUT2D eigenvalue weighted by atomic mass is 10.0. The molecule has 2 heterocycles. The first-order chi connectivity index (χ1) is 11.7. The van der Waals surface area contributed by atoms with E-state index in [2.05, 4.69) is 40.7 Å². The average molecular weight is 401 g/mol. The fourth-order valence-corrected chi connectivity index (χ4v) is 4.11. The maximum absolute atomic E-state index is 11.7. The Morgan fingerprint density at radius 2 is 1.68 bits per heavy atom. The third-order valence-corrected chi connectivity index (χ3v) is 5.37. The maximum atomic E-state index is 11.7. The Hall–Kier alpha value is -1.65. The SMILES string of the molecule is Cc1ccccc1N1CC(O)(c2ccccc2)[N+]2=C1CCCCC2.[Br-]. The monoisotopic (exact) mass is 400 g/mol. The van der Waals surface area contributed by atoms with Crippen LogP contribution in [0.3, 0.4) is 0 Å². The van der Waals surface area contributed by atoms with Crippen LogP contribution in [-0.2, 0) is 5.72 Å². The highest BCUT2D eigenvalue weighted by Crippen LogP contribution is 2.36. The Morgan fingerprint density at radius 1 is 0.960 bits per heavy atom. The van der Waals surface area contributed by atoms with Gasteiger partial charge in [-0.2, -0.15) is 0 Å². The molecule has 2 aromatic carbocycles. The van der Waals surface area contributed by atoms with Gasteiger partial charge in [0.05, 0.1) is 6.54 Å². The van der Waals surface area contributed by atoms with Crippen LogP contribution in [0.5, 0.6) is 0 Å². The van der Waals surface area contributed by atoms with E-state index < -0.39 is 5.72 Å². The second-order valence-electron chi connectivity index (χ2n) is 6.93. The zero-order valence-electron chi connectivity index (χ0n) is 14.7. The van der Waals surface area contributed by atoms with E-state index in [0.29, 0.717) is 6.54 Å². The molecule has 0 spiro atoms. The molecule has 0 amide bonds. The van der Waals surface area contributed by atoms with Crippen molar-refractivity contribution >= 4 is 11.5 Å². The molecule has 0 aliphatic carbocycles. The van der Waals surface area contributed by atoms with Gasteiger partial charge in [-0.05, 0) is 37.8 Å². The van der Waals surface area contributed by atoms with E-state index in [1.165, 1.54) is 29.9 Å². The molecule has 2 aliphatic heterocycles. The number of halogens is 1. The minimum atomic E-state index is -0.941. The van der Waals surface area contributed by atoms with Gasteiger partial charge < -0.3 is 22.1 Å². The fourth-order valence-electron chi connectivity index (χ4n) is 4.11. The van der Waals surface area contributed by atoms with Crippen molar-refractivity contribution < 1.29 is 26.7 Å². The van der Waals surface area contributed by atoms with Crippen LogP contribution in [0.25, 0.3) is 0 Å². The van der Waals surface area contributed by atoms with E-state index in [9.17, 15) is 5.11 Å². The van der Waals surface area contributed by atoms with Crippen molar-refractivity contribution in [2.75, 3.05) is 18.0 Å². The van der Waals surface area contributed by atoms with Gasteiger partial charge in [0.25, 0.3) is 11.6 Å². The Kier molecular flexibility index (Phi) is 5.30. The summed E-state index contributed by atoms with van der Waals surface area (Å²) in [5.41, 5.74) is 2.52. The summed E-state index contributed by atoms with van der Waals surface area (Å²) in [7, 11) is 0. The largest absolute Gasteiger partial charge is 1.00 e. The average Bonchev–Trinajstić information content (AvgIpc) is 2.78. The van der Waals surface area contributed by atoms with Gasteiger partial charge in [-0.15, -0.1) is 0 Å². The van der Waals surface area contributed by atoms with E-state index in [-0.39, 0.29) is 17.0 Å². The van der Waals surface area contributed by atoms with E-state index in [1.54, 1.807) is 0 Å². The van der Waals surface area contributed by atoms with Gasteiger partial charge in [-0.3, -0.25) is 0 Å². The van der Waals surface area contributed by atoms with Gasteiger partial charge >= 0.3 is 0 Å². The van der Waals surface area contributed by atoms with Crippen LogP contribution in [0.1, 0.15) is 36.8 Å². The molecule has 1 atom stereocenters. The lowest BCUT2D eigenvalue weighted by Crippen LogP contribution is -3.00. The maximum Gasteiger partial charge on any atom is 0.271 e. The van der Waals surface area contributed by atoms with Crippen LogP contribution in [-0.4, -0.2) is 28.6 Å². The molecule has 132 valence electrons. The third kappa shape index (κ3) is 3.13. The minimum absolute atomic E-state index is 0. The fraction of sp³-hybridized carbons (Fsp3) is 0.381. The van der Waals surface area contributed by atoms with Crippen molar-refractivity contribution in [3.05, 3.63) is 65.7 Å². The third-order valence-electron chi connectivity index (χ3n) is 5.37. The van der Waals surface area contributed by atoms with Gasteiger partial charge in [0.2, 0.25) is 0 Å². The number of rotatable bonds is 2. The van der Waals surface area contributed by atoms with Gasteiger partial charge in [0.1, 0.15) is 5.69 Å². The number of hydrogen-bond donors (Lipinski definition) is 1. The van der Waals surface area contributed by atoms with Crippen LogP contribution in [0.15, 0.2) is 54.6 Å². The highest BCUT2D eigenvalue weighted by Gasteiger charge is 2.52. The minimum Gasteiger partial charge on any atom is -1.00 e. The molecule has 3 nitrogen and oxygen atoms in total. The van der Waals surface area contributed by atoms with Crippen LogP contribution < -0.4 is 21.9 Å². The van der Waals surface area contributed by atoms with Crippen LogP contribution in [0.4, 0.5) is 5.69 Å². The smallest absolute Gasteiger partial charge is 0.271 e. The first kappa shape index (κ1) is 18.2. The normalized spacial score (nSPS) is 23.0. The number of aryl methyl sites for hydroxylation is 1. The molecule has 0 fully saturated rings.